The summed E-state index contributed by atoms with van der Waals surface area (Å²) in [7, 11) is 0. The highest BCUT2D eigenvalue weighted by atomic mass is 16.4. The number of aromatic nitrogens is 3. The molecule has 0 fully saturated rings. The van der Waals surface area contributed by atoms with Gasteiger partial charge in [-0.1, -0.05) is 6.92 Å². The minimum atomic E-state index is -0.878. The molecule has 0 aliphatic heterocycles. The van der Waals surface area contributed by atoms with E-state index in [4.69, 9.17) is 5.11 Å². The molecule has 0 aliphatic carbocycles. The first-order valence-corrected chi connectivity index (χ1v) is 4.45. The molecule has 82 valence electrons. The van der Waals surface area contributed by atoms with Gasteiger partial charge in [0, 0.05) is 13.0 Å². The Morgan fingerprint density at radius 2 is 2.40 bits per heavy atom. The fourth-order valence-electron chi connectivity index (χ4n) is 1.04. The van der Waals surface area contributed by atoms with Gasteiger partial charge < -0.3 is 10.4 Å². The first kappa shape index (κ1) is 11.2. The minimum Gasteiger partial charge on any atom is -0.481 e. The molecule has 7 nitrogen and oxygen atoms in total. The summed E-state index contributed by atoms with van der Waals surface area (Å²) in [6, 6.07) is 0. The minimum absolute atomic E-state index is 0.0245. The summed E-state index contributed by atoms with van der Waals surface area (Å²) in [5.74, 6) is -1.26. The van der Waals surface area contributed by atoms with Crippen LogP contribution in [0.25, 0.3) is 0 Å². The lowest BCUT2D eigenvalue weighted by Gasteiger charge is -2.08. The van der Waals surface area contributed by atoms with Crippen molar-refractivity contribution < 1.29 is 14.7 Å². The number of amides is 1. The van der Waals surface area contributed by atoms with Gasteiger partial charge in [0.1, 0.15) is 6.33 Å². The van der Waals surface area contributed by atoms with Crippen molar-refractivity contribution in [3.8, 4) is 0 Å². The van der Waals surface area contributed by atoms with Crippen LogP contribution in [-0.4, -0.2) is 38.7 Å². The van der Waals surface area contributed by atoms with Gasteiger partial charge in [-0.15, -0.1) is 0 Å². The van der Waals surface area contributed by atoms with E-state index in [0.717, 1.165) is 0 Å². The van der Waals surface area contributed by atoms with Crippen LogP contribution in [0.3, 0.4) is 0 Å². The van der Waals surface area contributed by atoms with Crippen molar-refractivity contribution in [1.29, 1.82) is 0 Å². The molecule has 15 heavy (non-hydrogen) atoms. The van der Waals surface area contributed by atoms with Crippen LogP contribution in [-0.2, 0) is 4.79 Å². The number of hydrogen-bond acceptors (Lipinski definition) is 4. The van der Waals surface area contributed by atoms with Gasteiger partial charge in [-0.3, -0.25) is 14.7 Å². The normalized spacial score (nSPS) is 12.1. The highest BCUT2D eigenvalue weighted by Gasteiger charge is 2.11. The summed E-state index contributed by atoms with van der Waals surface area (Å²) in [5, 5.41) is 17.0. The van der Waals surface area contributed by atoms with Crippen molar-refractivity contribution in [2.45, 2.75) is 13.3 Å². The molecule has 1 unspecified atom stereocenters. The Labute approximate surface area is 85.9 Å². The zero-order valence-electron chi connectivity index (χ0n) is 8.23. The second kappa shape index (κ2) is 5.08. The molecule has 1 heterocycles. The molecular formula is C8H12N4O3. The van der Waals surface area contributed by atoms with Crippen LogP contribution >= 0.6 is 0 Å². The van der Waals surface area contributed by atoms with E-state index >= 15 is 0 Å². The summed E-state index contributed by atoms with van der Waals surface area (Å²) in [6.45, 7) is 2.04. The average molecular weight is 212 g/mol. The predicted octanol–water partition coefficient (Wildman–Crippen LogP) is -0.355. The van der Waals surface area contributed by atoms with Gasteiger partial charge in [0.05, 0.1) is 0 Å². The Hall–Kier alpha value is -1.92. The Morgan fingerprint density at radius 3 is 2.93 bits per heavy atom. The standard InChI is InChI=1S/C8H12N4O3/c1-5(2-6(13)14)3-9-8(15)7-10-4-11-12-7/h4-5H,2-3H2,1H3,(H,9,15)(H,13,14)(H,10,11,12). The molecule has 0 aromatic carbocycles. The fraction of sp³-hybridized carbons (Fsp3) is 0.500. The molecule has 1 aromatic rings. The molecule has 1 amide bonds. The molecule has 0 spiro atoms. The monoisotopic (exact) mass is 212 g/mol. The topological polar surface area (TPSA) is 108 Å². The van der Waals surface area contributed by atoms with Gasteiger partial charge in [0.25, 0.3) is 5.91 Å². The van der Waals surface area contributed by atoms with E-state index < -0.39 is 5.97 Å². The molecule has 0 saturated heterocycles. The summed E-state index contributed by atoms with van der Waals surface area (Å²) in [5.41, 5.74) is 0. The molecule has 0 aliphatic rings. The van der Waals surface area contributed by atoms with Crippen molar-refractivity contribution >= 4 is 11.9 Å². The summed E-state index contributed by atoms with van der Waals surface area (Å²) < 4.78 is 0. The van der Waals surface area contributed by atoms with Gasteiger partial charge in [0.15, 0.2) is 0 Å². The first-order chi connectivity index (χ1) is 7.09. The first-order valence-electron chi connectivity index (χ1n) is 4.45. The molecular weight excluding hydrogens is 200 g/mol. The SMILES string of the molecule is CC(CNC(=O)c1ncn[nH]1)CC(=O)O. The largest absolute Gasteiger partial charge is 0.481 e. The highest BCUT2D eigenvalue weighted by Crippen LogP contribution is 1.99. The van der Waals surface area contributed by atoms with Crippen LogP contribution in [0.1, 0.15) is 24.0 Å². The summed E-state index contributed by atoms with van der Waals surface area (Å²) in [4.78, 5) is 25.3. The molecule has 0 radical (unpaired) electrons. The maximum absolute atomic E-state index is 11.3. The number of H-pyrrole nitrogens is 1. The van der Waals surface area contributed by atoms with Crippen LogP contribution in [0, 0.1) is 5.92 Å². The van der Waals surface area contributed by atoms with E-state index in [9.17, 15) is 9.59 Å². The quantitative estimate of drug-likeness (QED) is 0.618. The van der Waals surface area contributed by atoms with Gasteiger partial charge in [-0.2, -0.15) is 5.10 Å². The zero-order valence-corrected chi connectivity index (χ0v) is 8.23. The maximum Gasteiger partial charge on any atom is 0.303 e. The van der Waals surface area contributed by atoms with E-state index in [1.807, 2.05) is 0 Å². The van der Waals surface area contributed by atoms with Crippen molar-refractivity contribution in [1.82, 2.24) is 20.5 Å². The van der Waals surface area contributed by atoms with Crippen LogP contribution < -0.4 is 5.32 Å². The average Bonchev–Trinajstić information content (AvgIpc) is 2.65. The fourth-order valence-corrected chi connectivity index (χ4v) is 1.04. The predicted molar refractivity (Wildman–Crippen MR) is 50.1 cm³/mol. The third-order valence-electron chi connectivity index (χ3n) is 1.76. The zero-order chi connectivity index (χ0) is 11.3. The third kappa shape index (κ3) is 3.75. The van der Waals surface area contributed by atoms with Crippen molar-refractivity contribution in [2.24, 2.45) is 5.92 Å². The number of carboxylic acids is 1. The number of aliphatic carboxylic acids is 1. The van der Waals surface area contributed by atoms with E-state index in [1.165, 1.54) is 6.33 Å². The summed E-state index contributed by atoms with van der Waals surface area (Å²) >= 11 is 0. The highest BCUT2D eigenvalue weighted by molar-refractivity contribution is 5.90. The number of carboxylic acid groups (broad SMARTS) is 1. The van der Waals surface area contributed by atoms with Crippen molar-refractivity contribution in [3.63, 3.8) is 0 Å². The Bertz CT molecular complexity index is 336. The molecule has 0 bridgehead atoms. The third-order valence-corrected chi connectivity index (χ3v) is 1.76. The van der Waals surface area contributed by atoms with Crippen molar-refractivity contribution in [3.05, 3.63) is 12.2 Å². The molecule has 0 saturated carbocycles. The number of nitrogens with zero attached hydrogens (tertiary/aromatic N) is 2. The smallest absolute Gasteiger partial charge is 0.303 e. The van der Waals surface area contributed by atoms with E-state index in [2.05, 4.69) is 20.5 Å². The van der Waals surface area contributed by atoms with E-state index in [0.29, 0.717) is 6.54 Å². The Balaban J connectivity index is 2.31. The number of carbonyl (C=O) groups excluding carboxylic acids is 1. The van der Waals surface area contributed by atoms with Gasteiger partial charge in [-0.25, -0.2) is 4.98 Å². The molecule has 3 N–H and O–H groups in total. The van der Waals surface area contributed by atoms with Crippen LogP contribution in [0.2, 0.25) is 0 Å². The second-order valence-corrected chi connectivity index (χ2v) is 3.25. The van der Waals surface area contributed by atoms with Crippen LogP contribution in [0.15, 0.2) is 6.33 Å². The van der Waals surface area contributed by atoms with Crippen molar-refractivity contribution in [2.75, 3.05) is 6.54 Å². The summed E-state index contributed by atoms with van der Waals surface area (Å²) in [6.07, 6.45) is 1.26. The second-order valence-electron chi connectivity index (χ2n) is 3.25. The number of hydrogen-bond donors (Lipinski definition) is 3. The van der Waals surface area contributed by atoms with Crippen LogP contribution in [0.4, 0.5) is 0 Å². The van der Waals surface area contributed by atoms with E-state index in [-0.39, 0.29) is 24.1 Å². The Morgan fingerprint density at radius 1 is 1.67 bits per heavy atom. The van der Waals surface area contributed by atoms with Gasteiger partial charge in [-0.05, 0) is 5.92 Å². The maximum atomic E-state index is 11.3. The molecule has 1 rings (SSSR count). The molecule has 7 heteroatoms. The van der Waals surface area contributed by atoms with E-state index in [1.54, 1.807) is 6.92 Å². The molecule has 1 atom stereocenters. The number of aromatic amines is 1. The van der Waals surface area contributed by atoms with Gasteiger partial charge >= 0.3 is 5.97 Å². The number of carbonyl (C=O) groups is 2. The number of rotatable bonds is 5. The van der Waals surface area contributed by atoms with Crippen LogP contribution in [0.5, 0.6) is 0 Å². The lowest BCUT2D eigenvalue weighted by atomic mass is 10.1. The lowest BCUT2D eigenvalue weighted by molar-refractivity contribution is -0.137. The lowest BCUT2D eigenvalue weighted by Crippen LogP contribution is -2.30. The molecule has 1 aromatic heterocycles. The number of nitrogens with one attached hydrogen (secondary N) is 2. The Kier molecular flexibility index (Phi) is 3.78. The van der Waals surface area contributed by atoms with Gasteiger partial charge in [0.2, 0.25) is 5.82 Å².